The van der Waals surface area contributed by atoms with E-state index in [1.807, 2.05) is 17.4 Å². The Kier molecular flexibility index (Phi) is 6.42. The SMILES string of the molecule is c1ccc(-c2ccc(N(c3ccc4sc5ccccc5c4c3)c3cccc4oc5cccc(-c6ccccc6)c5c34)c3c2oc2ccccc23)cc1. The third-order valence-corrected chi connectivity index (χ3v) is 11.4. The smallest absolute Gasteiger partial charge is 0.145 e. The van der Waals surface area contributed by atoms with Crippen molar-refractivity contribution in [3.8, 4) is 22.3 Å². The van der Waals surface area contributed by atoms with Crippen molar-refractivity contribution in [3.05, 3.63) is 176 Å². The van der Waals surface area contributed by atoms with Gasteiger partial charge in [0.1, 0.15) is 22.3 Å². The lowest BCUT2D eigenvalue weighted by molar-refractivity contribution is 0.669. The molecule has 0 N–H and O–H groups in total. The van der Waals surface area contributed by atoms with Gasteiger partial charge in [-0.05, 0) is 77.4 Å². The molecule has 0 aliphatic rings. The van der Waals surface area contributed by atoms with Crippen LogP contribution in [0.4, 0.5) is 17.1 Å². The van der Waals surface area contributed by atoms with Gasteiger partial charge in [0, 0.05) is 42.2 Å². The van der Waals surface area contributed by atoms with E-state index in [1.54, 1.807) is 0 Å². The molecular formula is C48H29NO2S. The van der Waals surface area contributed by atoms with Crippen molar-refractivity contribution in [2.45, 2.75) is 0 Å². The summed E-state index contributed by atoms with van der Waals surface area (Å²) in [5, 5.41) is 6.82. The van der Waals surface area contributed by atoms with Crippen LogP contribution in [0.15, 0.2) is 185 Å². The van der Waals surface area contributed by atoms with Crippen LogP contribution in [0.5, 0.6) is 0 Å². The van der Waals surface area contributed by atoms with E-state index < -0.39 is 0 Å². The molecule has 4 heteroatoms. The van der Waals surface area contributed by atoms with Gasteiger partial charge in [0.05, 0.1) is 22.1 Å². The Balaban J connectivity index is 1.28. The summed E-state index contributed by atoms with van der Waals surface area (Å²) < 4.78 is 16.0. The van der Waals surface area contributed by atoms with Crippen LogP contribution in [0.25, 0.3) is 86.3 Å². The van der Waals surface area contributed by atoms with Gasteiger partial charge in [0.15, 0.2) is 0 Å². The summed E-state index contributed by atoms with van der Waals surface area (Å²) in [7, 11) is 0. The molecule has 244 valence electrons. The molecule has 0 atom stereocenters. The monoisotopic (exact) mass is 683 g/mol. The van der Waals surface area contributed by atoms with Crippen molar-refractivity contribution >= 4 is 92.4 Å². The van der Waals surface area contributed by atoms with E-state index in [2.05, 4.69) is 175 Å². The Bertz CT molecular complexity index is 3130. The Morgan fingerprint density at radius 1 is 0.385 bits per heavy atom. The van der Waals surface area contributed by atoms with Crippen LogP contribution in [0.1, 0.15) is 0 Å². The summed E-state index contributed by atoms with van der Waals surface area (Å²) in [6, 6.07) is 62.4. The minimum atomic E-state index is 0.845. The lowest BCUT2D eigenvalue weighted by atomic mass is 9.97. The van der Waals surface area contributed by atoms with Gasteiger partial charge in [0.2, 0.25) is 0 Å². The zero-order chi connectivity index (χ0) is 34.2. The fraction of sp³-hybridized carbons (Fsp3) is 0. The summed E-state index contributed by atoms with van der Waals surface area (Å²) in [4.78, 5) is 2.42. The molecule has 11 rings (SSSR count). The number of furan rings is 2. The predicted octanol–water partition coefficient (Wildman–Crippen LogP) is 14.7. The molecular weight excluding hydrogens is 655 g/mol. The molecule has 0 amide bonds. The van der Waals surface area contributed by atoms with Crippen molar-refractivity contribution in [2.75, 3.05) is 4.90 Å². The molecule has 52 heavy (non-hydrogen) atoms. The van der Waals surface area contributed by atoms with Crippen molar-refractivity contribution in [1.82, 2.24) is 0 Å². The largest absolute Gasteiger partial charge is 0.456 e. The van der Waals surface area contributed by atoms with E-state index in [0.29, 0.717) is 0 Å². The van der Waals surface area contributed by atoms with E-state index in [0.717, 1.165) is 83.2 Å². The van der Waals surface area contributed by atoms with Crippen LogP contribution < -0.4 is 4.90 Å². The standard InChI is InChI=1S/C48H29NO2S/c1-3-13-30(14-4-1)33-19-11-22-41-46(33)47-38(20-12-23-42(47)50-41)49(32-25-28-44-37(29-32)35-17-8-10-24-43(35)52-44)39-27-26-34(31-15-5-2-6-16-31)48-45(39)36-18-7-9-21-40(36)51-48/h1-29H. The van der Waals surface area contributed by atoms with Gasteiger partial charge < -0.3 is 13.7 Å². The Morgan fingerprint density at radius 2 is 1.02 bits per heavy atom. The fourth-order valence-corrected chi connectivity index (χ4v) is 9.08. The van der Waals surface area contributed by atoms with E-state index in [-0.39, 0.29) is 0 Å². The maximum absolute atomic E-state index is 6.79. The second kappa shape index (κ2) is 11.5. The summed E-state index contributed by atoms with van der Waals surface area (Å²) in [5.74, 6) is 0. The first-order chi connectivity index (χ1) is 25.8. The molecule has 0 saturated heterocycles. The molecule has 3 aromatic heterocycles. The average molecular weight is 684 g/mol. The molecule has 11 aromatic rings. The number of thiophene rings is 1. The topological polar surface area (TPSA) is 29.5 Å². The Labute approximate surface area is 303 Å². The van der Waals surface area contributed by atoms with Crippen LogP contribution in [0.3, 0.4) is 0 Å². The highest BCUT2D eigenvalue weighted by atomic mass is 32.1. The molecule has 8 aromatic carbocycles. The molecule has 0 unspecified atom stereocenters. The Hall–Kier alpha value is -6.62. The average Bonchev–Trinajstić information content (AvgIpc) is 3.90. The maximum Gasteiger partial charge on any atom is 0.145 e. The second-order valence-electron chi connectivity index (χ2n) is 13.2. The van der Waals surface area contributed by atoms with Crippen molar-refractivity contribution < 1.29 is 8.83 Å². The number of para-hydroxylation sites is 1. The highest BCUT2D eigenvalue weighted by Crippen LogP contribution is 2.50. The molecule has 0 bridgehead atoms. The summed E-state index contributed by atoms with van der Waals surface area (Å²) in [5.41, 5.74) is 11.0. The number of fused-ring (bicyclic) bond motifs is 9. The van der Waals surface area contributed by atoms with Gasteiger partial charge in [-0.15, -0.1) is 11.3 Å². The number of hydrogen-bond donors (Lipinski definition) is 0. The zero-order valence-corrected chi connectivity index (χ0v) is 28.7. The number of hydrogen-bond acceptors (Lipinski definition) is 4. The second-order valence-corrected chi connectivity index (χ2v) is 14.3. The normalized spacial score (nSPS) is 11.8. The predicted molar refractivity (Wildman–Crippen MR) is 219 cm³/mol. The molecule has 3 nitrogen and oxygen atoms in total. The lowest BCUT2D eigenvalue weighted by Gasteiger charge is -2.27. The lowest BCUT2D eigenvalue weighted by Crippen LogP contribution is -2.11. The minimum Gasteiger partial charge on any atom is -0.456 e. The summed E-state index contributed by atoms with van der Waals surface area (Å²) in [6.07, 6.45) is 0. The number of anilines is 3. The third kappa shape index (κ3) is 4.38. The van der Waals surface area contributed by atoms with Crippen molar-refractivity contribution in [2.24, 2.45) is 0 Å². The van der Waals surface area contributed by atoms with Crippen LogP contribution in [-0.2, 0) is 0 Å². The maximum atomic E-state index is 6.79. The van der Waals surface area contributed by atoms with E-state index in [1.165, 1.54) is 20.2 Å². The van der Waals surface area contributed by atoms with Crippen molar-refractivity contribution in [1.29, 1.82) is 0 Å². The molecule has 3 heterocycles. The first-order valence-electron chi connectivity index (χ1n) is 17.5. The molecule has 0 fully saturated rings. The van der Waals surface area contributed by atoms with Gasteiger partial charge >= 0.3 is 0 Å². The molecule has 0 aliphatic heterocycles. The quantitative estimate of drug-likeness (QED) is 0.181. The Morgan fingerprint density at radius 3 is 1.85 bits per heavy atom. The van der Waals surface area contributed by atoms with E-state index in [4.69, 9.17) is 8.83 Å². The van der Waals surface area contributed by atoms with Crippen LogP contribution in [-0.4, -0.2) is 0 Å². The summed E-state index contributed by atoms with van der Waals surface area (Å²) >= 11 is 1.84. The molecule has 0 saturated carbocycles. The number of rotatable bonds is 5. The minimum absolute atomic E-state index is 0.845. The van der Waals surface area contributed by atoms with Gasteiger partial charge in [-0.1, -0.05) is 115 Å². The molecule has 0 aliphatic carbocycles. The van der Waals surface area contributed by atoms with E-state index >= 15 is 0 Å². The number of benzene rings is 8. The molecule has 0 spiro atoms. The van der Waals surface area contributed by atoms with Crippen LogP contribution >= 0.6 is 11.3 Å². The van der Waals surface area contributed by atoms with Gasteiger partial charge in [-0.25, -0.2) is 0 Å². The molecule has 0 radical (unpaired) electrons. The zero-order valence-electron chi connectivity index (χ0n) is 27.9. The first-order valence-corrected chi connectivity index (χ1v) is 18.3. The van der Waals surface area contributed by atoms with Gasteiger partial charge in [0.25, 0.3) is 0 Å². The number of nitrogens with zero attached hydrogens (tertiary/aromatic N) is 1. The highest BCUT2D eigenvalue weighted by Gasteiger charge is 2.26. The summed E-state index contributed by atoms with van der Waals surface area (Å²) in [6.45, 7) is 0. The fourth-order valence-electron chi connectivity index (χ4n) is 8.00. The van der Waals surface area contributed by atoms with Crippen molar-refractivity contribution in [3.63, 3.8) is 0 Å². The highest BCUT2D eigenvalue weighted by molar-refractivity contribution is 7.25. The van der Waals surface area contributed by atoms with Gasteiger partial charge in [-0.2, -0.15) is 0 Å². The van der Waals surface area contributed by atoms with Crippen LogP contribution in [0, 0.1) is 0 Å². The van der Waals surface area contributed by atoms with Crippen LogP contribution in [0.2, 0.25) is 0 Å². The first kappa shape index (κ1) is 29.1. The van der Waals surface area contributed by atoms with E-state index in [9.17, 15) is 0 Å². The third-order valence-electron chi connectivity index (χ3n) is 10.3. The van der Waals surface area contributed by atoms with Gasteiger partial charge in [-0.3, -0.25) is 0 Å².